The first-order chi connectivity index (χ1) is 8.69. The fourth-order valence-corrected chi connectivity index (χ4v) is 1.34. The molecule has 108 valence electrons. The highest BCUT2D eigenvalue weighted by atomic mass is 16.9. The summed E-state index contributed by atoms with van der Waals surface area (Å²) in [6, 6.07) is 0. The molecule has 2 saturated heterocycles. The van der Waals surface area contributed by atoms with E-state index in [1.54, 1.807) is 21.3 Å². The van der Waals surface area contributed by atoms with Gasteiger partial charge in [0.25, 0.3) is 5.97 Å². The van der Waals surface area contributed by atoms with Crippen molar-refractivity contribution in [2.24, 2.45) is 0 Å². The molecule has 6 nitrogen and oxygen atoms in total. The molecule has 0 spiro atoms. The second kappa shape index (κ2) is 8.04. The van der Waals surface area contributed by atoms with Crippen molar-refractivity contribution < 1.29 is 28.4 Å². The molecule has 0 aromatic carbocycles. The first kappa shape index (κ1) is 15.8. The van der Waals surface area contributed by atoms with Crippen LogP contribution in [0.3, 0.4) is 0 Å². The Morgan fingerprint density at radius 2 is 1.33 bits per heavy atom. The Morgan fingerprint density at radius 3 is 1.50 bits per heavy atom. The first-order valence-electron chi connectivity index (χ1n) is 6.16. The van der Waals surface area contributed by atoms with Gasteiger partial charge in [-0.25, -0.2) is 0 Å². The highest BCUT2D eigenvalue weighted by Crippen LogP contribution is 2.15. The van der Waals surface area contributed by atoms with Crippen LogP contribution in [0.15, 0.2) is 0 Å². The average Bonchev–Trinajstić information content (AvgIpc) is 3.29. The van der Waals surface area contributed by atoms with Gasteiger partial charge in [-0.1, -0.05) is 6.92 Å². The highest BCUT2D eigenvalue weighted by molar-refractivity contribution is 4.71. The van der Waals surface area contributed by atoms with Gasteiger partial charge >= 0.3 is 0 Å². The van der Waals surface area contributed by atoms with E-state index in [0.717, 1.165) is 26.4 Å². The molecule has 2 atom stereocenters. The highest BCUT2D eigenvalue weighted by Gasteiger charge is 2.26. The minimum absolute atomic E-state index is 0.392. The lowest BCUT2D eigenvalue weighted by atomic mass is 10.4. The maximum absolute atomic E-state index is 5.23. The smallest absolute Gasteiger partial charge is 0.281 e. The van der Waals surface area contributed by atoms with Crippen LogP contribution in [0, 0.1) is 0 Å². The van der Waals surface area contributed by atoms with Crippen molar-refractivity contribution in [3.05, 3.63) is 0 Å². The number of hydrogen-bond acceptors (Lipinski definition) is 6. The van der Waals surface area contributed by atoms with Crippen LogP contribution < -0.4 is 0 Å². The molecule has 0 radical (unpaired) electrons. The minimum atomic E-state index is -0.833. The molecule has 2 unspecified atom stereocenters. The second-order valence-electron chi connectivity index (χ2n) is 4.10. The first-order valence-corrected chi connectivity index (χ1v) is 6.16. The molecule has 0 aliphatic carbocycles. The van der Waals surface area contributed by atoms with Crippen LogP contribution in [-0.2, 0) is 28.4 Å². The average molecular weight is 264 g/mol. The van der Waals surface area contributed by atoms with Gasteiger partial charge < -0.3 is 28.4 Å². The van der Waals surface area contributed by atoms with E-state index in [1.165, 1.54) is 0 Å². The standard InChI is InChI=1S/C6H10O3.C6H14O3/c1(5-3-8-5)7-2-6-4-9-6;1-5-6(7-2,8-3)9-4/h5-6H,1-4H2;5H2,1-4H3. The lowest BCUT2D eigenvalue weighted by molar-refractivity contribution is -0.352. The number of ether oxygens (including phenoxy) is 6. The van der Waals surface area contributed by atoms with Crippen molar-refractivity contribution in [2.45, 2.75) is 31.5 Å². The van der Waals surface area contributed by atoms with Crippen molar-refractivity contribution in [2.75, 3.05) is 47.8 Å². The van der Waals surface area contributed by atoms with Gasteiger partial charge in [0.2, 0.25) is 0 Å². The van der Waals surface area contributed by atoms with Gasteiger partial charge in [0.15, 0.2) is 0 Å². The molecule has 6 heteroatoms. The third-order valence-electron chi connectivity index (χ3n) is 2.78. The van der Waals surface area contributed by atoms with Crippen LogP contribution in [0.25, 0.3) is 0 Å². The fraction of sp³-hybridized carbons (Fsp3) is 1.00. The van der Waals surface area contributed by atoms with Gasteiger partial charge in [-0.2, -0.15) is 0 Å². The maximum Gasteiger partial charge on any atom is 0.281 e. The van der Waals surface area contributed by atoms with Crippen LogP contribution in [0.2, 0.25) is 0 Å². The number of hydrogen-bond donors (Lipinski definition) is 0. The van der Waals surface area contributed by atoms with Crippen molar-refractivity contribution in [1.82, 2.24) is 0 Å². The van der Waals surface area contributed by atoms with Crippen LogP contribution in [0.5, 0.6) is 0 Å². The van der Waals surface area contributed by atoms with Crippen molar-refractivity contribution >= 4 is 0 Å². The van der Waals surface area contributed by atoms with E-state index in [4.69, 9.17) is 28.4 Å². The van der Waals surface area contributed by atoms with E-state index in [0.29, 0.717) is 18.6 Å². The van der Waals surface area contributed by atoms with Gasteiger partial charge in [0.1, 0.15) is 12.2 Å². The Morgan fingerprint density at radius 1 is 0.944 bits per heavy atom. The molecule has 0 N–H and O–H groups in total. The predicted octanol–water partition coefficient (Wildman–Crippen LogP) is 0.790. The molecule has 2 heterocycles. The van der Waals surface area contributed by atoms with Crippen molar-refractivity contribution in [1.29, 1.82) is 0 Å². The fourth-order valence-electron chi connectivity index (χ4n) is 1.34. The zero-order chi connectivity index (χ0) is 13.4. The van der Waals surface area contributed by atoms with Crippen LogP contribution in [0.4, 0.5) is 0 Å². The predicted molar refractivity (Wildman–Crippen MR) is 64.3 cm³/mol. The molecule has 0 amide bonds. The van der Waals surface area contributed by atoms with Crippen LogP contribution in [0.1, 0.15) is 13.3 Å². The van der Waals surface area contributed by atoms with E-state index in [-0.39, 0.29) is 0 Å². The molecular formula is C12H24O6. The van der Waals surface area contributed by atoms with Gasteiger partial charge in [0.05, 0.1) is 26.4 Å². The summed E-state index contributed by atoms with van der Waals surface area (Å²) >= 11 is 0. The Balaban J connectivity index is 0.000000180. The van der Waals surface area contributed by atoms with Gasteiger partial charge in [-0.15, -0.1) is 0 Å². The van der Waals surface area contributed by atoms with Crippen molar-refractivity contribution in [3.63, 3.8) is 0 Å². The summed E-state index contributed by atoms with van der Waals surface area (Å²) in [6.07, 6.45) is 1.46. The second-order valence-corrected chi connectivity index (χ2v) is 4.10. The molecule has 2 fully saturated rings. The quantitative estimate of drug-likeness (QED) is 0.477. The van der Waals surface area contributed by atoms with Gasteiger partial charge in [-0.3, -0.25) is 0 Å². The summed E-state index contributed by atoms with van der Waals surface area (Å²) in [4.78, 5) is 0. The number of methoxy groups -OCH3 is 3. The normalized spacial score (nSPS) is 25.3. The zero-order valence-corrected chi connectivity index (χ0v) is 11.6. The summed E-state index contributed by atoms with van der Waals surface area (Å²) in [5.41, 5.74) is 0. The number of epoxide rings is 2. The molecule has 0 aromatic heterocycles. The van der Waals surface area contributed by atoms with E-state index in [9.17, 15) is 0 Å². The van der Waals surface area contributed by atoms with E-state index < -0.39 is 5.97 Å². The minimum Gasteiger partial charge on any atom is -0.376 e. The molecular weight excluding hydrogens is 240 g/mol. The summed E-state index contributed by atoms with van der Waals surface area (Å²) in [7, 11) is 4.66. The number of rotatable bonds is 8. The molecule has 2 aliphatic heterocycles. The Labute approximate surface area is 108 Å². The summed E-state index contributed by atoms with van der Waals surface area (Å²) in [5, 5.41) is 0. The largest absolute Gasteiger partial charge is 0.376 e. The zero-order valence-electron chi connectivity index (χ0n) is 11.6. The summed E-state index contributed by atoms with van der Waals surface area (Å²) in [5.74, 6) is -0.833. The topological polar surface area (TPSA) is 62.0 Å². The third-order valence-corrected chi connectivity index (χ3v) is 2.78. The van der Waals surface area contributed by atoms with Crippen LogP contribution in [-0.4, -0.2) is 65.9 Å². The Kier molecular flexibility index (Phi) is 7.06. The summed E-state index contributed by atoms with van der Waals surface area (Å²) in [6.45, 7) is 5.19. The summed E-state index contributed by atoms with van der Waals surface area (Å²) < 4.78 is 29.9. The van der Waals surface area contributed by atoms with E-state index in [1.807, 2.05) is 6.92 Å². The third kappa shape index (κ3) is 6.08. The molecule has 0 saturated carbocycles. The maximum atomic E-state index is 5.23. The lowest BCUT2D eigenvalue weighted by Crippen LogP contribution is -2.34. The Bertz CT molecular complexity index is 181. The van der Waals surface area contributed by atoms with E-state index in [2.05, 4.69) is 0 Å². The molecule has 18 heavy (non-hydrogen) atoms. The SMILES string of the molecule is C(OCC1CO1)C1CO1.CCC(OC)(OC)OC. The Hall–Kier alpha value is -0.240. The molecule has 2 aliphatic rings. The van der Waals surface area contributed by atoms with Crippen molar-refractivity contribution in [3.8, 4) is 0 Å². The van der Waals surface area contributed by atoms with Gasteiger partial charge in [0, 0.05) is 27.8 Å². The van der Waals surface area contributed by atoms with Gasteiger partial charge in [-0.05, 0) is 0 Å². The molecule has 0 aromatic rings. The lowest BCUT2D eigenvalue weighted by Gasteiger charge is -2.26. The van der Waals surface area contributed by atoms with Crippen LogP contribution >= 0.6 is 0 Å². The molecule has 0 bridgehead atoms. The van der Waals surface area contributed by atoms with E-state index >= 15 is 0 Å². The molecule has 2 rings (SSSR count). The monoisotopic (exact) mass is 264 g/mol.